The van der Waals surface area contributed by atoms with Crippen LogP contribution in [0.5, 0.6) is 0 Å². The van der Waals surface area contributed by atoms with Crippen LogP contribution in [0.25, 0.3) is 11.0 Å². The van der Waals surface area contributed by atoms with Gasteiger partial charge in [0, 0.05) is 34.2 Å². The van der Waals surface area contributed by atoms with Crippen LogP contribution in [0.15, 0.2) is 24.5 Å². The van der Waals surface area contributed by atoms with Gasteiger partial charge in [-0.3, -0.25) is 4.68 Å². The third-order valence-corrected chi connectivity index (χ3v) is 8.64. The molecule has 1 aliphatic heterocycles. The van der Waals surface area contributed by atoms with E-state index in [1.807, 2.05) is 29.9 Å². The SMILES string of the molecule is Cc1ccc2c(C34CC(C(F)(F)F)(C3)C4)nc([C@@H]3C[C@@H](C)O[C@@H](c4cnn(C5CC5)c4)C3)nc2n1. The van der Waals surface area contributed by atoms with Crippen molar-refractivity contribution in [2.45, 2.75) is 94.6 Å². The van der Waals surface area contributed by atoms with Crippen LogP contribution >= 0.6 is 0 Å². The standard InChI is InChI=1S/C26H28F3N5O/c1-14-3-6-19-21(24-11-25(12-24,13-24)26(27,28)29)32-22(33-23(19)31-14)16-7-15(2)35-20(8-16)17-9-30-34(10-17)18-4-5-18/h3,6,9-10,15-16,18,20H,4-5,7-8,11-13H2,1-2H3/t15-,16-,20-,24?,25?/m1/s1. The van der Waals surface area contributed by atoms with E-state index in [1.54, 1.807) is 0 Å². The smallest absolute Gasteiger partial charge is 0.370 e. The van der Waals surface area contributed by atoms with E-state index in [2.05, 4.69) is 23.2 Å². The molecule has 0 N–H and O–H groups in total. The molecule has 9 heteroatoms. The van der Waals surface area contributed by atoms with Crippen molar-refractivity contribution >= 4 is 11.0 Å². The highest BCUT2D eigenvalue weighted by Crippen LogP contribution is 2.78. The monoisotopic (exact) mass is 483 g/mol. The van der Waals surface area contributed by atoms with Crippen molar-refractivity contribution in [3.8, 4) is 0 Å². The molecule has 8 rings (SSSR count). The van der Waals surface area contributed by atoms with Crippen molar-refractivity contribution in [2.24, 2.45) is 5.41 Å². The molecule has 6 nitrogen and oxygen atoms in total. The Morgan fingerprint density at radius 1 is 1.06 bits per heavy atom. The molecule has 5 fully saturated rings. The number of aromatic nitrogens is 5. The molecule has 0 spiro atoms. The predicted molar refractivity (Wildman–Crippen MR) is 122 cm³/mol. The molecule has 3 aromatic heterocycles. The Bertz CT molecular complexity index is 1310. The second kappa shape index (κ2) is 7.02. The Morgan fingerprint density at radius 2 is 1.83 bits per heavy atom. The van der Waals surface area contributed by atoms with Crippen molar-refractivity contribution < 1.29 is 17.9 Å². The number of hydrogen-bond acceptors (Lipinski definition) is 5. The summed E-state index contributed by atoms with van der Waals surface area (Å²) in [7, 11) is 0. The first-order valence-electron chi connectivity index (χ1n) is 12.6. The van der Waals surface area contributed by atoms with Crippen LogP contribution in [0.2, 0.25) is 0 Å². The topological polar surface area (TPSA) is 65.7 Å². The largest absolute Gasteiger partial charge is 0.394 e. The first-order valence-corrected chi connectivity index (χ1v) is 12.6. The zero-order chi connectivity index (χ0) is 24.2. The second-order valence-corrected chi connectivity index (χ2v) is 11.4. The van der Waals surface area contributed by atoms with Gasteiger partial charge in [0.15, 0.2) is 5.65 Å². The molecule has 184 valence electrons. The maximum atomic E-state index is 13.6. The Labute approximate surface area is 201 Å². The summed E-state index contributed by atoms with van der Waals surface area (Å²) < 4.78 is 49.1. The lowest BCUT2D eigenvalue weighted by molar-refractivity contribution is -0.337. The Hall–Kier alpha value is -2.55. The van der Waals surface area contributed by atoms with Gasteiger partial charge in [0.2, 0.25) is 0 Å². The second-order valence-electron chi connectivity index (χ2n) is 11.4. The molecule has 0 aromatic carbocycles. The fourth-order valence-electron chi connectivity index (χ4n) is 6.68. The molecule has 0 amide bonds. The average Bonchev–Trinajstić information content (AvgIpc) is 3.46. The van der Waals surface area contributed by atoms with E-state index in [4.69, 9.17) is 14.7 Å². The van der Waals surface area contributed by atoms with E-state index in [1.165, 1.54) is 12.8 Å². The van der Waals surface area contributed by atoms with E-state index < -0.39 is 17.0 Å². The van der Waals surface area contributed by atoms with Gasteiger partial charge in [-0.2, -0.15) is 18.3 Å². The molecular formula is C26H28F3N5O. The van der Waals surface area contributed by atoms with E-state index in [0.717, 1.165) is 35.2 Å². The van der Waals surface area contributed by atoms with Gasteiger partial charge < -0.3 is 4.74 Å². The van der Waals surface area contributed by atoms with Crippen LogP contribution in [0.4, 0.5) is 13.2 Å². The Morgan fingerprint density at radius 3 is 2.54 bits per heavy atom. The van der Waals surface area contributed by atoms with Crippen LogP contribution in [0, 0.1) is 12.3 Å². The van der Waals surface area contributed by atoms with Crippen LogP contribution in [-0.2, 0) is 10.2 Å². The molecule has 3 aromatic rings. The van der Waals surface area contributed by atoms with E-state index in [-0.39, 0.29) is 37.4 Å². The number of aryl methyl sites for hydroxylation is 1. The summed E-state index contributed by atoms with van der Waals surface area (Å²) in [4.78, 5) is 14.5. The lowest BCUT2D eigenvalue weighted by Crippen LogP contribution is -2.70. The Kier molecular flexibility index (Phi) is 4.35. The lowest BCUT2D eigenvalue weighted by Gasteiger charge is -2.70. The quantitative estimate of drug-likeness (QED) is 0.464. The van der Waals surface area contributed by atoms with Gasteiger partial charge in [-0.15, -0.1) is 0 Å². The minimum atomic E-state index is -4.15. The summed E-state index contributed by atoms with van der Waals surface area (Å²) >= 11 is 0. The normalized spacial score (nSPS) is 34.5. The number of ether oxygens (including phenoxy) is 1. The number of hydrogen-bond donors (Lipinski definition) is 0. The van der Waals surface area contributed by atoms with Crippen molar-refractivity contribution in [3.63, 3.8) is 0 Å². The van der Waals surface area contributed by atoms with Gasteiger partial charge in [0.1, 0.15) is 5.82 Å². The van der Waals surface area contributed by atoms with E-state index in [0.29, 0.717) is 17.5 Å². The fourth-order valence-corrected chi connectivity index (χ4v) is 6.68. The molecular weight excluding hydrogens is 455 g/mol. The number of rotatable bonds is 4. The van der Waals surface area contributed by atoms with Crippen LogP contribution in [0.3, 0.4) is 0 Å². The highest BCUT2D eigenvalue weighted by atomic mass is 19.4. The maximum absolute atomic E-state index is 13.6. The maximum Gasteiger partial charge on any atom is 0.394 e. The number of alkyl halides is 3. The molecule has 1 saturated heterocycles. The number of nitrogens with zero attached hydrogens (tertiary/aromatic N) is 5. The molecule has 4 saturated carbocycles. The summed E-state index contributed by atoms with van der Waals surface area (Å²) in [5.74, 6) is 0.730. The number of pyridine rings is 1. The van der Waals surface area contributed by atoms with Crippen molar-refractivity contribution in [1.82, 2.24) is 24.7 Å². The summed E-state index contributed by atoms with van der Waals surface area (Å²) in [5.41, 5.74) is 1.21. The molecule has 3 atom stereocenters. The van der Waals surface area contributed by atoms with Gasteiger partial charge in [-0.05, 0) is 70.9 Å². The molecule has 0 radical (unpaired) electrons. The molecule has 2 bridgehead atoms. The molecule has 4 heterocycles. The van der Waals surface area contributed by atoms with Gasteiger partial charge >= 0.3 is 6.18 Å². The lowest BCUT2D eigenvalue weighted by atomic mass is 9.33. The van der Waals surface area contributed by atoms with Crippen LogP contribution in [-0.4, -0.2) is 37.0 Å². The zero-order valence-electron chi connectivity index (χ0n) is 19.8. The summed E-state index contributed by atoms with van der Waals surface area (Å²) in [6.45, 7) is 3.97. The minimum absolute atomic E-state index is 0.0136. The third kappa shape index (κ3) is 3.26. The van der Waals surface area contributed by atoms with Crippen LogP contribution in [0.1, 0.15) is 92.7 Å². The summed E-state index contributed by atoms with van der Waals surface area (Å²) in [6.07, 6.45) is 3.94. The summed E-state index contributed by atoms with van der Waals surface area (Å²) in [6, 6.07) is 4.33. The molecule has 5 aliphatic rings. The third-order valence-electron chi connectivity index (χ3n) is 8.64. The first kappa shape index (κ1) is 21.7. The van der Waals surface area contributed by atoms with Gasteiger partial charge in [0.05, 0.1) is 35.6 Å². The minimum Gasteiger partial charge on any atom is -0.370 e. The highest BCUT2D eigenvalue weighted by Gasteiger charge is 2.79. The summed E-state index contributed by atoms with van der Waals surface area (Å²) in [5, 5.41) is 5.32. The first-order chi connectivity index (χ1) is 16.6. The molecule has 0 unspecified atom stereocenters. The number of halogens is 3. The number of fused-ring (bicyclic) bond motifs is 1. The van der Waals surface area contributed by atoms with Crippen molar-refractivity contribution in [2.75, 3.05) is 0 Å². The molecule has 35 heavy (non-hydrogen) atoms. The van der Waals surface area contributed by atoms with Crippen LogP contribution < -0.4 is 0 Å². The van der Waals surface area contributed by atoms with Crippen molar-refractivity contribution in [3.05, 3.63) is 47.3 Å². The molecule has 4 aliphatic carbocycles. The average molecular weight is 484 g/mol. The van der Waals surface area contributed by atoms with E-state index in [9.17, 15) is 13.2 Å². The zero-order valence-corrected chi connectivity index (χ0v) is 19.8. The Balaban J connectivity index is 1.24. The fraction of sp³-hybridized carbons (Fsp3) is 0.615. The van der Waals surface area contributed by atoms with Gasteiger partial charge in [-0.1, -0.05) is 0 Å². The highest BCUT2D eigenvalue weighted by molar-refractivity contribution is 5.79. The van der Waals surface area contributed by atoms with Gasteiger partial charge in [-0.25, -0.2) is 15.0 Å². The van der Waals surface area contributed by atoms with Crippen molar-refractivity contribution in [1.29, 1.82) is 0 Å². The van der Waals surface area contributed by atoms with E-state index >= 15 is 0 Å². The van der Waals surface area contributed by atoms with Gasteiger partial charge in [0.25, 0.3) is 0 Å². The predicted octanol–water partition coefficient (Wildman–Crippen LogP) is 5.87.